The van der Waals surface area contributed by atoms with E-state index < -0.39 is 0 Å². The molecule has 5 nitrogen and oxygen atoms in total. The van der Waals surface area contributed by atoms with Crippen molar-refractivity contribution >= 4 is 44.6 Å². The van der Waals surface area contributed by atoms with Crippen LogP contribution in [0.2, 0.25) is 5.02 Å². The summed E-state index contributed by atoms with van der Waals surface area (Å²) in [5.74, 6) is 0.834. The first-order valence-corrected chi connectivity index (χ1v) is 6.91. The number of rotatable bonds is 2. The van der Waals surface area contributed by atoms with E-state index in [-0.39, 0.29) is 0 Å². The number of ether oxygens (including phenoxy) is 1. The van der Waals surface area contributed by atoms with Gasteiger partial charge in [-0.3, -0.25) is 4.57 Å². The highest BCUT2D eigenvalue weighted by atomic mass is 79.9. The molecule has 0 aliphatic carbocycles. The molecule has 0 fully saturated rings. The molecule has 0 radical (unpaired) electrons. The van der Waals surface area contributed by atoms with Crippen LogP contribution < -0.4 is 10.5 Å². The van der Waals surface area contributed by atoms with Crippen LogP contribution in [0.25, 0.3) is 16.9 Å². The van der Waals surface area contributed by atoms with Crippen molar-refractivity contribution in [1.82, 2.24) is 14.5 Å². The van der Waals surface area contributed by atoms with Crippen molar-refractivity contribution in [3.63, 3.8) is 0 Å². The van der Waals surface area contributed by atoms with E-state index in [0.29, 0.717) is 28.0 Å². The molecule has 3 rings (SSSR count). The second-order valence-corrected chi connectivity index (χ2v) is 5.39. The Bertz CT molecular complexity index is 802. The zero-order valence-corrected chi connectivity index (χ0v) is 12.8. The molecular weight excluding hydrogens is 344 g/mol. The standard InChI is InChI=1S/C13H10BrClN4O/c1-20-11-5-4-9-12(18-11)19(13(16)17-9)10-6-7(15)2-3-8(10)14/h2-6H,1H3,(H2,16,17). The van der Waals surface area contributed by atoms with Crippen LogP contribution in [-0.4, -0.2) is 21.6 Å². The van der Waals surface area contributed by atoms with E-state index in [4.69, 9.17) is 22.1 Å². The zero-order valence-electron chi connectivity index (χ0n) is 10.5. The number of anilines is 1. The van der Waals surface area contributed by atoms with Gasteiger partial charge in [-0.05, 0) is 40.2 Å². The van der Waals surface area contributed by atoms with E-state index in [0.717, 1.165) is 10.2 Å². The third kappa shape index (κ3) is 2.10. The first-order chi connectivity index (χ1) is 9.60. The summed E-state index contributed by atoms with van der Waals surface area (Å²) in [7, 11) is 1.56. The van der Waals surface area contributed by atoms with Gasteiger partial charge >= 0.3 is 0 Å². The number of fused-ring (bicyclic) bond motifs is 1. The molecule has 2 heterocycles. The summed E-state index contributed by atoms with van der Waals surface area (Å²) in [6.07, 6.45) is 0. The molecule has 3 aromatic rings. The number of pyridine rings is 1. The number of hydrogen-bond donors (Lipinski definition) is 1. The van der Waals surface area contributed by atoms with Crippen LogP contribution in [-0.2, 0) is 0 Å². The molecule has 0 aliphatic rings. The quantitative estimate of drug-likeness (QED) is 0.766. The number of nitrogens with zero attached hydrogens (tertiary/aromatic N) is 3. The van der Waals surface area contributed by atoms with Gasteiger partial charge in [0.1, 0.15) is 5.52 Å². The van der Waals surface area contributed by atoms with Gasteiger partial charge in [-0.15, -0.1) is 0 Å². The normalized spacial score (nSPS) is 10.9. The van der Waals surface area contributed by atoms with Crippen LogP contribution in [0, 0.1) is 0 Å². The summed E-state index contributed by atoms with van der Waals surface area (Å²) in [6, 6.07) is 8.99. The van der Waals surface area contributed by atoms with Gasteiger partial charge in [-0.25, -0.2) is 4.98 Å². The number of hydrogen-bond acceptors (Lipinski definition) is 4. The van der Waals surface area contributed by atoms with Crippen LogP contribution in [0.5, 0.6) is 5.88 Å². The van der Waals surface area contributed by atoms with Gasteiger partial charge in [0.05, 0.1) is 12.8 Å². The predicted molar refractivity (Wildman–Crippen MR) is 82.5 cm³/mol. The largest absolute Gasteiger partial charge is 0.481 e. The second kappa shape index (κ2) is 4.96. The molecule has 7 heteroatoms. The smallest absolute Gasteiger partial charge is 0.215 e. The molecule has 0 atom stereocenters. The minimum atomic E-state index is 0.337. The fourth-order valence-corrected chi connectivity index (χ4v) is 2.56. The van der Waals surface area contributed by atoms with Crippen LogP contribution in [0.15, 0.2) is 34.8 Å². The summed E-state index contributed by atoms with van der Waals surface area (Å²) in [4.78, 5) is 8.69. The summed E-state index contributed by atoms with van der Waals surface area (Å²) >= 11 is 9.54. The van der Waals surface area contributed by atoms with Gasteiger partial charge in [-0.1, -0.05) is 11.6 Å². The fraction of sp³-hybridized carbons (Fsp3) is 0.0769. The van der Waals surface area contributed by atoms with Crippen molar-refractivity contribution in [3.8, 4) is 11.6 Å². The number of nitrogens with two attached hydrogens (primary N) is 1. The van der Waals surface area contributed by atoms with Crippen molar-refractivity contribution in [2.45, 2.75) is 0 Å². The van der Waals surface area contributed by atoms with Crippen molar-refractivity contribution < 1.29 is 4.74 Å². The maximum atomic E-state index is 6.06. The Morgan fingerprint density at radius 3 is 2.80 bits per heavy atom. The third-order valence-electron chi connectivity index (χ3n) is 2.86. The summed E-state index contributed by atoms with van der Waals surface area (Å²) in [6.45, 7) is 0. The number of nitrogen functional groups attached to an aromatic ring is 1. The Labute approximate surface area is 128 Å². The topological polar surface area (TPSA) is 66.0 Å². The molecule has 1 aromatic carbocycles. The number of halogens is 2. The van der Waals surface area contributed by atoms with Crippen molar-refractivity contribution in [1.29, 1.82) is 0 Å². The van der Waals surface area contributed by atoms with Crippen LogP contribution in [0.3, 0.4) is 0 Å². The van der Waals surface area contributed by atoms with Gasteiger partial charge < -0.3 is 10.5 Å². The summed E-state index contributed by atoms with van der Waals surface area (Å²) in [5.41, 5.74) is 8.08. The maximum absolute atomic E-state index is 6.06. The number of methoxy groups -OCH3 is 1. The average Bonchev–Trinajstić information content (AvgIpc) is 2.76. The molecule has 102 valence electrons. The maximum Gasteiger partial charge on any atom is 0.215 e. The minimum absolute atomic E-state index is 0.337. The lowest BCUT2D eigenvalue weighted by Gasteiger charge is -2.09. The molecule has 0 spiro atoms. The summed E-state index contributed by atoms with van der Waals surface area (Å²) in [5, 5.41) is 0.604. The molecule has 0 saturated heterocycles. The Hall–Kier alpha value is -1.79. The molecule has 0 unspecified atom stereocenters. The van der Waals surface area contributed by atoms with Crippen molar-refractivity contribution in [2.24, 2.45) is 0 Å². The molecule has 0 amide bonds. The molecule has 0 saturated carbocycles. The van der Waals surface area contributed by atoms with Crippen LogP contribution >= 0.6 is 27.5 Å². The average molecular weight is 354 g/mol. The van der Waals surface area contributed by atoms with E-state index in [2.05, 4.69) is 25.9 Å². The monoisotopic (exact) mass is 352 g/mol. The molecule has 2 aromatic heterocycles. The highest BCUT2D eigenvalue weighted by Gasteiger charge is 2.15. The second-order valence-electron chi connectivity index (χ2n) is 4.10. The van der Waals surface area contributed by atoms with E-state index in [1.165, 1.54) is 0 Å². The van der Waals surface area contributed by atoms with Gasteiger partial charge in [-0.2, -0.15) is 4.98 Å². The Morgan fingerprint density at radius 1 is 1.25 bits per heavy atom. The molecule has 0 aliphatic heterocycles. The number of benzene rings is 1. The predicted octanol–water partition coefficient (Wildman–Crippen LogP) is 3.43. The molecule has 0 bridgehead atoms. The zero-order chi connectivity index (χ0) is 14.3. The van der Waals surface area contributed by atoms with Gasteiger partial charge in [0.2, 0.25) is 11.8 Å². The van der Waals surface area contributed by atoms with E-state index in [1.807, 2.05) is 12.1 Å². The van der Waals surface area contributed by atoms with Crippen molar-refractivity contribution in [2.75, 3.05) is 12.8 Å². The number of aromatic nitrogens is 3. The molecule has 20 heavy (non-hydrogen) atoms. The molecular formula is C13H10BrClN4O. The van der Waals surface area contributed by atoms with Gasteiger partial charge in [0.15, 0.2) is 5.65 Å². The van der Waals surface area contributed by atoms with Gasteiger partial charge in [0.25, 0.3) is 0 Å². The lowest BCUT2D eigenvalue weighted by Crippen LogP contribution is -2.02. The van der Waals surface area contributed by atoms with Gasteiger partial charge in [0, 0.05) is 15.6 Å². The highest BCUT2D eigenvalue weighted by molar-refractivity contribution is 9.10. The van der Waals surface area contributed by atoms with Crippen LogP contribution in [0.4, 0.5) is 5.95 Å². The first kappa shape index (κ1) is 13.2. The third-order valence-corrected chi connectivity index (χ3v) is 3.77. The lowest BCUT2D eigenvalue weighted by atomic mass is 10.3. The fourth-order valence-electron chi connectivity index (χ4n) is 1.97. The SMILES string of the molecule is COc1ccc2nc(N)n(-c3cc(Cl)ccc3Br)c2n1. The summed E-state index contributed by atoms with van der Waals surface area (Å²) < 4.78 is 7.72. The minimum Gasteiger partial charge on any atom is -0.481 e. The Morgan fingerprint density at radius 2 is 2.05 bits per heavy atom. The molecule has 2 N–H and O–H groups in total. The lowest BCUT2D eigenvalue weighted by molar-refractivity contribution is 0.399. The van der Waals surface area contributed by atoms with Crippen LogP contribution in [0.1, 0.15) is 0 Å². The van der Waals surface area contributed by atoms with E-state index in [9.17, 15) is 0 Å². The van der Waals surface area contributed by atoms with E-state index >= 15 is 0 Å². The Balaban J connectivity index is 2.34. The highest BCUT2D eigenvalue weighted by Crippen LogP contribution is 2.30. The van der Waals surface area contributed by atoms with E-state index in [1.54, 1.807) is 29.9 Å². The first-order valence-electron chi connectivity index (χ1n) is 5.74. The number of imidazole rings is 1. The van der Waals surface area contributed by atoms with Crippen molar-refractivity contribution in [3.05, 3.63) is 39.8 Å². The Kier molecular flexibility index (Phi) is 3.27.